The topological polar surface area (TPSA) is 52.0 Å². The van der Waals surface area contributed by atoms with Crippen molar-refractivity contribution in [3.8, 4) is 11.5 Å². The van der Waals surface area contributed by atoms with Crippen LogP contribution in [0, 0.1) is 0 Å². The number of carbonyl (C=O) groups is 1. The maximum absolute atomic E-state index is 12.4. The Hall–Kier alpha value is -2.50. The largest absolute Gasteiger partial charge is 0.489 e. The molecule has 0 aromatic heterocycles. The maximum Gasteiger partial charge on any atom is 0.244 e. The number of amides is 1. The van der Waals surface area contributed by atoms with E-state index in [9.17, 15) is 4.79 Å². The van der Waals surface area contributed by atoms with E-state index in [0.717, 1.165) is 18.5 Å². The molecule has 0 saturated carbocycles. The van der Waals surface area contributed by atoms with Gasteiger partial charge in [-0.2, -0.15) is 0 Å². The molecule has 1 saturated heterocycles. The van der Waals surface area contributed by atoms with Crippen molar-refractivity contribution in [1.82, 2.24) is 5.32 Å². The Balaban J connectivity index is 1.37. The van der Waals surface area contributed by atoms with Gasteiger partial charge in [-0.05, 0) is 29.3 Å². The number of halogens is 1. The van der Waals surface area contributed by atoms with E-state index in [-0.39, 0.29) is 5.91 Å². The van der Waals surface area contributed by atoms with E-state index in [4.69, 9.17) is 21.1 Å². The summed E-state index contributed by atoms with van der Waals surface area (Å²) in [4.78, 5) is 14.0. The summed E-state index contributed by atoms with van der Waals surface area (Å²) in [5, 5.41) is 3.49. The van der Waals surface area contributed by atoms with Gasteiger partial charge in [-0.15, -0.1) is 0 Å². The third kappa shape index (κ3) is 5.35. The lowest BCUT2D eigenvalue weighted by atomic mass is 10.1. The lowest BCUT2D eigenvalue weighted by Gasteiger charge is -2.15. The molecular formula is C24H28ClN2O3+. The van der Waals surface area contributed by atoms with Gasteiger partial charge in [0.15, 0.2) is 11.5 Å². The van der Waals surface area contributed by atoms with Crippen molar-refractivity contribution in [2.24, 2.45) is 0 Å². The molecular weight excluding hydrogens is 400 g/mol. The number of ether oxygens (including phenoxy) is 2. The van der Waals surface area contributed by atoms with Crippen LogP contribution in [0.25, 0.3) is 6.08 Å². The summed E-state index contributed by atoms with van der Waals surface area (Å²) in [6, 6.07) is 12.0. The second-order valence-electron chi connectivity index (χ2n) is 7.83. The van der Waals surface area contributed by atoms with Crippen LogP contribution in [0.4, 0.5) is 0 Å². The molecule has 2 N–H and O–H groups in total. The van der Waals surface area contributed by atoms with Crippen molar-refractivity contribution in [3.05, 3.63) is 64.2 Å². The second kappa shape index (κ2) is 10.0. The van der Waals surface area contributed by atoms with Crippen LogP contribution in [0.1, 0.15) is 36.0 Å². The van der Waals surface area contributed by atoms with E-state index in [2.05, 4.69) is 23.5 Å². The van der Waals surface area contributed by atoms with Gasteiger partial charge in [-0.25, -0.2) is 0 Å². The molecule has 5 nitrogen and oxygen atoms in total. The van der Waals surface area contributed by atoms with Crippen molar-refractivity contribution in [2.75, 3.05) is 26.3 Å². The molecule has 2 heterocycles. The van der Waals surface area contributed by atoms with Gasteiger partial charge in [0.05, 0.1) is 31.3 Å². The summed E-state index contributed by atoms with van der Waals surface area (Å²) in [7, 11) is 0. The fourth-order valence-electron chi connectivity index (χ4n) is 3.98. The molecule has 158 valence electrons. The Morgan fingerprint density at radius 1 is 1.07 bits per heavy atom. The molecule has 2 aliphatic heterocycles. The predicted octanol–water partition coefficient (Wildman–Crippen LogP) is 3.01. The van der Waals surface area contributed by atoms with Gasteiger partial charge in [0, 0.05) is 37.4 Å². The zero-order valence-corrected chi connectivity index (χ0v) is 17.8. The number of nitrogens with one attached hydrogen (secondary N) is 2. The average molecular weight is 428 g/mol. The Bertz CT molecular complexity index is 923. The van der Waals surface area contributed by atoms with Crippen LogP contribution < -0.4 is 19.7 Å². The molecule has 1 fully saturated rings. The SMILES string of the molecule is O=C(/C=C/c1cc(Cl)c2c(c1)OCCCO2)NCc1ccccc1C[NH+]1CCCC1. The van der Waals surface area contributed by atoms with Crippen LogP contribution in [0.2, 0.25) is 5.02 Å². The molecule has 0 unspecified atom stereocenters. The van der Waals surface area contributed by atoms with Crippen LogP contribution in [-0.2, 0) is 17.9 Å². The highest BCUT2D eigenvalue weighted by Crippen LogP contribution is 2.38. The summed E-state index contributed by atoms with van der Waals surface area (Å²) < 4.78 is 11.3. The molecule has 0 spiro atoms. The number of likely N-dealkylation sites (tertiary alicyclic amines) is 1. The van der Waals surface area contributed by atoms with Crippen LogP contribution in [0.5, 0.6) is 11.5 Å². The second-order valence-corrected chi connectivity index (χ2v) is 8.24. The summed E-state index contributed by atoms with van der Waals surface area (Å²) in [6.07, 6.45) is 6.71. The van der Waals surface area contributed by atoms with Crippen molar-refractivity contribution in [3.63, 3.8) is 0 Å². The van der Waals surface area contributed by atoms with Crippen LogP contribution in [0.3, 0.4) is 0 Å². The predicted molar refractivity (Wildman–Crippen MR) is 118 cm³/mol. The van der Waals surface area contributed by atoms with Gasteiger partial charge in [-0.3, -0.25) is 4.79 Å². The zero-order chi connectivity index (χ0) is 20.8. The summed E-state index contributed by atoms with van der Waals surface area (Å²) in [5.74, 6) is 1.06. The highest BCUT2D eigenvalue weighted by molar-refractivity contribution is 6.32. The first-order chi connectivity index (χ1) is 14.7. The summed E-state index contributed by atoms with van der Waals surface area (Å²) in [6.45, 7) is 5.20. The molecule has 2 aliphatic rings. The first-order valence-corrected chi connectivity index (χ1v) is 11.0. The van der Waals surface area contributed by atoms with Gasteiger partial charge in [0.1, 0.15) is 6.54 Å². The van der Waals surface area contributed by atoms with Crippen molar-refractivity contribution in [1.29, 1.82) is 0 Å². The molecule has 0 aliphatic carbocycles. The number of carbonyl (C=O) groups excluding carboxylic acids is 1. The molecule has 30 heavy (non-hydrogen) atoms. The average Bonchev–Trinajstić information content (AvgIpc) is 3.14. The van der Waals surface area contributed by atoms with E-state index >= 15 is 0 Å². The van der Waals surface area contributed by atoms with Gasteiger partial charge in [0.2, 0.25) is 5.91 Å². The van der Waals surface area contributed by atoms with Crippen molar-refractivity contribution < 1.29 is 19.2 Å². The quantitative estimate of drug-likeness (QED) is 0.697. The van der Waals surface area contributed by atoms with Gasteiger partial charge >= 0.3 is 0 Å². The first kappa shape index (κ1) is 20.8. The third-order valence-electron chi connectivity index (χ3n) is 5.57. The molecule has 0 atom stereocenters. The molecule has 2 aromatic rings. The Labute approximate surface area is 182 Å². The molecule has 1 amide bonds. The lowest BCUT2D eigenvalue weighted by Crippen LogP contribution is -3.08. The normalized spacial score (nSPS) is 16.6. The number of hydrogen-bond acceptors (Lipinski definition) is 3. The van der Waals surface area contributed by atoms with E-state index < -0.39 is 0 Å². The maximum atomic E-state index is 12.4. The number of hydrogen-bond donors (Lipinski definition) is 2. The van der Waals surface area contributed by atoms with E-state index in [1.165, 1.54) is 43.1 Å². The Kier molecular flexibility index (Phi) is 6.92. The van der Waals surface area contributed by atoms with Crippen LogP contribution >= 0.6 is 11.6 Å². The molecule has 0 radical (unpaired) electrons. The van der Waals surface area contributed by atoms with E-state index in [0.29, 0.717) is 36.3 Å². The zero-order valence-electron chi connectivity index (χ0n) is 17.1. The van der Waals surface area contributed by atoms with Gasteiger partial charge in [-0.1, -0.05) is 35.9 Å². The fraction of sp³-hybridized carbons (Fsp3) is 0.375. The number of quaternary nitrogens is 1. The highest BCUT2D eigenvalue weighted by Gasteiger charge is 2.17. The molecule has 6 heteroatoms. The monoisotopic (exact) mass is 427 g/mol. The fourth-order valence-corrected chi connectivity index (χ4v) is 4.26. The number of rotatable bonds is 6. The highest BCUT2D eigenvalue weighted by atomic mass is 35.5. The van der Waals surface area contributed by atoms with Crippen LogP contribution in [0.15, 0.2) is 42.5 Å². The van der Waals surface area contributed by atoms with Gasteiger partial charge in [0.25, 0.3) is 0 Å². The summed E-state index contributed by atoms with van der Waals surface area (Å²) in [5.41, 5.74) is 3.29. The standard InChI is InChI=1S/C24H27ClN2O3/c25-21-14-18(15-22-24(21)30-13-5-12-29-22)8-9-23(28)26-16-19-6-1-2-7-20(19)17-27-10-3-4-11-27/h1-2,6-9,14-15H,3-5,10-13,16-17H2,(H,26,28)/p+1/b9-8+. The molecule has 0 bridgehead atoms. The minimum Gasteiger partial charge on any atom is -0.489 e. The van der Waals surface area contributed by atoms with Crippen molar-refractivity contribution in [2.45, 2.75) is 32.4 Å². The molecule has 2 aromatic carbocycles. The minimum absolute atomic E-state index is 0.137. The van der Waals surface area contributed by atoms with E-state index in [1.807, 2.05) is 12.1 Å². The minimum atomic E-state index is -0.137. The molecule has 4 rings (SSSR count). The third-order valence-corrected chi connectivity index (χ3v) is 5.85. The van der Waals surface area contributed by atoms with Crippen molar-refractivity contribution >= 4 is 23.6 Å². The Morgan fingerprint density at radius 2 is 1.83 bits per heavy atom. The van der Waals surface area contributed by atoms with Gasteiger partial charge < -0.3 is 19.7 Å². The number of benzene rings is 2. The number of fused-ring (bicyclic) bond motifs is 1. The lowest BCUT2D eigenvalue weighted by molar-refractivity contribution is -0.901. The smallest absolute Gasteiger partial charge is 0.244 e. The van der Waals surface area contributed by atoms with Crippen LogP contribution in [-0.4, -0.2) is 32.2 Å². The first-order valence-electron chi connectivity index (χ1n) is 10.6. The summed E-state index contributed by atoms with van der Waals surface area (Å²) >= 11 is 6.32. The Morgan fingerprint density at radius 3 is 2.67 bits per heavy atom. The van der Waals surface area contributed by atoms with E-state index in [1.54, 1.807) is 17.0 Å².